The highest BCUT2D eigenvalue weighted by Gasteiger charge is 2.08. The lowest BCUT2D eigenvalue weighted by molar-refractivity contribution is 0.472. The fourth-order valence-electron chi connectivity index (χ4n) is 1.99. The van der Waals surface area contributed by atoms with Gasteiger partial charge in [-0.3, -0.25) is 0 Å². The predicted molar refractivity (Wildman–Crippen MR) is 92.4 cm³/mol. The average Bonchev–Trinajstić information content (AvgIpc) is 2.44. The van der Waals surface area contributed by atoms with Crippen LogP contribution in [0.2, 0.25) is 5.02 Å². The molecule has 2 aromatic carbocycles. The molecule has 0 aliphatic rings. The summed E-state index contributed by atoms with van der Waals surface area (Å²) < 4.78 is 7.03. The van der Waals surface area contributed by atoms with Crippen molar-refractivity contribution >= 4 is 27.5 Å². The standard InChI is InChI=1S/C17H19BrClNO/c1-3-8-20-11-13-10-14(18)5-7-16(13)21-17-6-4-12(2)9-15(17)19/h4-7,9-10,20H,3,8,11H2,1-2H3. The van der Waals surface area contributed by atoms with Crippen molar-refractivity contribution in [3.63, 3.8) is 0 Å². The second-order valence-electron chi connectivity index (χ2n) is 4.96. The number of ether oxygens (including phenoxy) is 1. The van der Waals surface area contributed by atoms with Crippen molar-refractivity contribution in [3.8, 4) is 11.5 Å². The summed E-state index contributed by atoms with van der Waals surface area (Å²) in [5.74, 6) is 1.51. The first-order valence-corrected chi connectivity index (χ1v) is 8.20. The van der Waals surface area contributed by atoms with E-state index in [0.717, 1.165) is 40.9 Å². The molecule has 0 unspecified atom stereocenters. The van der Waals surface area contributed by atoms with E-state index in [9.17, 15) is 0 Å². The molecule has 1 N–H and O–H groups in total. The number of rotatable bonds is 6. The Balaban J connectivity index is 2.22. The van der Waals surface area contributed by atoms with Gasteiger partial charge in [0.25, 0.3) is 0 Å². The molecule has 0 atom stereocenters. The SMILES string of the molecule is CCCNCc1cc(Br)ccc1Oc1ccc(C)cc1Cl. The molecule has 0 bridgehead atoms. The number of aryl methyl sites for hydroxylation is 1. The highest BCUT2D eigenvalue weighted by Crippen LogP contribution is 2.33. The quantitative estimate of drug-likeness (QED) is 0.660. The van der Waals surface area contributed by atoms with Crippen molar-refractivity contribution in [2.24, 2.45) is 0 Å². The summed E-state index contributed by atoms with van der Waals surface area (Å²) in [7, 11) is 0. The first-order valence-electron chi connectivity index (χ1n) is 7.03. The van der Waals surface area contributed by atoms with Gasteiger partial charge in [-0.15, -0.1) is 0 Å². The van der Waals surface area contributed by atoms with E-state index in [1.807, 2.05) is 37.3 Å². The molecule has 21 heavy (non-hydrogen) atoms. The zero-order valence-corrected chi connectivity index (χ0v) is 14.6. The molecule has 0 aliphatic heterocycles. The van der Waals surface area contributed by atoms with E-state index in [0.29, 0.717) is 10.8 Å². The van der Waals surface area contributed by atoms with Crippen LogP contribution in [0.5, 0.6) is 11.5 Å². The maximum Gasteiger partial charge on any atom is 0.146 e. The maximum absolute atomic E-state index is 6.24. The van der Waals surface area contributed by atoms with Crippen molar-refractivity contribution in [3.05, 3.63) is 57.0 Å². The van der Waals surface area contributed by atoms with Crippen molar-refractivity contribution in [1.82, 2.24) is 5.32 Å². The summed E-state index contributed by atoms with van der Waals surface area (Å²) in [5.41, 5.74) is 2.22. The zero-order chi connectivity index (χ0) is 15.2. The Labute approximate surface area is 139 Å². The molecule has 0 radical (unpaired) electrons. The van der Waals surface area contributed by atoms with Crippen LogP contribution in [0.3, 0.4) is 0 Å². The lowest BCUT2D eigenvalue weighted by Gasteiger charge is -2.13. The van der Waals surface area contributed by atoms with Gasteiger partial charge >= 0.3 is 0 Å². The van der Waals surface area contributed by atoms with E-state index < -0.39 is 0 Å². The molecule has 0 aliphatic carbocycles. The molecule has 2 nitrogen and oxygen atoms in total. The van der Waals surface area contributed by atoms with Crippen LogP contribution in [0.25, 0.3) is 0 Å². The molecule has 0 saturated heterocycles. The molecule has 0 heterocycles. The second-order valence-corrected chi connectivity index (χ2v) is 6.29. The maximum atomic E-state index is 6.24. The highest BCUT2D eigenvalue weighted by molar-refractivity contribution is 9.10. The van der Waals surface area contributed by atoms with E-state index in [1.165, 1.54) is 0 Å². The molecular weight excluding hydrogens is 350 g/mol. The van der Waals surface area contributed by atoms with E-state index in [4.69, 9.17) is 16.3 Å². The van der Waals surface area contributed by atoms with Crippen LogP contribution in [0, 0.1) is 6.92 Å². The van der Waals surface area contributed by atoms with E-state index in [2.05, 4.69) is 34.2 Å². The van der Waals surface area contributed by atoms with E-state index >= 15 is 0 Å². The van der Waals surface area contributed by atoms with Gasteiger partial charge in [0.15, 0.2) is 0 Å². The van der Waals surface area contributed by atoms with E-state index in [1.54, 1.807) is 0 Å². The molecule has 0 saturated carbocycles. The van der Waals surface area contributed by atoms with Crippen LogP contribution in [0.4, 0.5) is 0 Å². The van der Waals surface area contributed by atoms with Crippen LogP contribution in [0.15, 0.2) is 40.9 Å². The first-order chi connectivity index (χ1) is 10.1. The van der Waals surface area contributed by atoms with Crippen LogP contribution in [0.1, 0.15) is 24.5 Å². The normalized spacial score (nSPS) is 10.7. The number of benzene rings is 2. The van der Waals surface area contributed by atoms with E-state index in [-0.39, 0.29) is 0 Å². The summed E-state index contributed by atoms with van der Waals surface area (Å²) in [5, 5.41) is 4.02. The van der Waals surface area contributed by atoms with Gasteiger partial charge in [-0.05, 0) is 55.8 Å². The molecule has 0 spiro atoms. The van der Waals surface area contributed by atoms with Crippen LogP contribution < -0.4 is 10.1 Å². The Morgan fingerprint density at radius 1 is 1.14 bits per heavy atom. The van der Waals surface area contributed by atoms with Gasteiger partial charge in [-0.25, -0.2) is 0 Å². The van der Waals surface area contributed by atoms with Crippen LogP contribution >= 0.6 is 27.5 Å². The summed E-state index contributed by atoms with van der Waals surface area (Å²) in [6, 6.07) is 11.8. The molecule has 112 valence electrons. The Hall–Kier alpha value is -1.03. The fourth-order valence-corrected chi connectivity index (χ4v) is 2.67. The van der Waals surface area contributed by atoms with Crippen LogP contribution in [-0.4, -0.2) is 6.54 Å². The topological polar surface area (TPSA) is 21.3 Å². The van der Waals surface area contributed by atoms with Gasteiger partial charge in [-0.2, -0.15) is 0 Å². The Morgan fingerprint density at radius 2 is 1.90 bits per heavy atom. The zero-order valence-electron chi connectivity index (χ0n) is 12.2. The molecule has 4 heteroatoms. The van der Waals surface area contributed by atoms with Gasteiger partial charge < -0.3 is 10.1 Å². The smallest absolute Gasteiger partial charge is 0.146 e. The van der Waals surface area contributed by atoms with Gasteiger partial charge in [-0.1, -0.05) is 40.5 Å². The number of hydrogen-bond acceptors (Lipinski definition) is 2. The molecule has 0 fully saturated rings. The fraction of sp³-hybridized carbons (Fsp3) is 0.294. The third-order valence-corrected chi connectivity index (χ3v) is 3.86. The molecular formula is C17H19BrClNO. The lowest BCUT2D eigenvalue weighted by atomic mass is 10.2. The number of halogens is 2. The van der Waals surface area contributed by atoms with Crippen molar-refractivity contribution in [1.29, 1.82) is 0 Å². The molecule has 2 aromatic rings. The van der Waals surface area contributed by atoms with Crippen molar-refractivity contribution in [2.75, 3.05) is 6.54 Å². The predicted octanol–water partition coefficient (Wildman–Crippen LogP) is 5.70. The lowest BCUT2D eigenvalue weighted by Crippen LogP contribution is -2.14. The van der Waals surface area contributed by atoms with Crippen molar-refractivity contribution < 1.29 is 4.74 Å². The second kappa shape index (κ2) is 7.83. The molecule has 0 aromatic heterocycles. The molecule has 2 rings (SSSR count). The summed E-state index contributed by atoms with van der Waals surface area (Å²) in [6.45, 7) is 5.91. The third-order valence-electron chi connectivity index (χ3n) is 3.07. The summed E-state index contributed by atoms with van der Waals surface area (Å²) in [6.07, 6.45) is 1.11. The van der Waals surface area contributed by atoms with Gasteiger partial charge in [0.1, 0.15) is 11.5 Å². The van der Waals surface area contributed by atoms with Crippen molar-refractivity contribution in [2.45, 2.75) is 26.8 Å². The average molecular weight is 369 g/mol. The first kappa shape index (κ1) is 16.3. The number of nitrogens with one attached hydrogen (secondary N) is 1. The minimum atomic E-state index is 0.630. The summed E-state index contributed by atoms with van der Waals surface area (Å²) >= 11 is 9.75. The Kier molecular flexibility index (Phi) is 6.09. The Bertz CT molecular complexity index is 616. The third kappa shape index (κ3) is 4.73. The molecule has 0 amide bonds. The van der Waals surface area contributed by atoms with Gasteiger partial charge in [0, 0.05) is 16.6 Å². The Morgan fingerprint density at radius 3 is 2.62 bits per heavy atom. The summed E-state index contributed by atoms with van der Waals surface area (Å²) in [4.78, 5) is 0. The largest absolute Gasteiger partial charge is 0.455 e. The monoisotopic (exact) mass is 367 g/mol. The highest BCUT2D eigenvalue weighted by atomic mass is 79.9. The van der Waals surface area contributed by atoms with Gasteiger partial charge in [0.2, 0.25) is 0 Å². The van der Waals surface area contributed by atoms with Crippen LogP contribution in [-0.2, 0) is 6.54 Å². The minimum absolute atomic E-state index is 0.630. The number of hydrogen-bond donors (Lipinski definition) is 1. The minimum Gasteiger partial charge on any atom is -0.455 e. The van der Waals surface area contributed by atoms with Gasteiger partial charge in [0.05, 0.1) is 5.02 Å².